The number of piperidine rings is 1. The van der Waals surface area contributed by atoms with Gasteiger partial charge in [0, 0.05) is 19.1 Å². The molecule has 1 saturated heterocycles. The Labute approximate surface area is 89.1 Å². The lowest BCUT2D eigenvalue weighted by Crippen LogP contribution is -2.43. The van der Waals surface area contributed by atoms with Crippen LogP contribution in [0.2, 0.25) is 0 Å². The Bertz CT molecular complexity index is 147. The summed E-state index contributed by atoms with van der Waals surface area (Å²) in [4.78, 5) is 2.63. The van der Waals surface area contributed by atoms with Gasteiger partial charge in [-0.2, -0.15) is 0 Å². The lowest BCUT2D eigenvalue weighted by atomic mass is 9.99. The summed E-state index contributed by atoms with van der Waals surface area (Å²) in [5.41, 5.74) is 0. The maximum Gasteiger partial charge on any atom is 0.0191 e. The van der Waals surface area contributed by atoms with Crippen LogP contribution in [0.5, 0.6) is 0 Å². The number of hydrogen-bond acceptors (Lipinski definition) is 2. The standard InChI is InChI=1S/C12H26N2/c1-4-6-12(13-3)10-14-8-5-7-11(2)9-14/h11-13H,4-10H2,1-3H3. The maximum absolute atomic E-state index is 3.42. The van der Waals surface area contributed by atoms with Gasteiger partial charge >= 0.3 is 0 Å². The van der Waals surface area contributed by atoms with Crippen LogP contribution in [-0.4, -0.2) is 37.6 Å². The number of rotatable bonds is 5. The summed E-state index contributed by atoms with van der Waals surface area (Å²) in [6.07, 6.45) is 5.41. The highest BCUT2D eigenvalue weighted by atomic mass is 15.2. The van der Waals surface area contributed by atoms with Crippen LogP contribution < -0.4 is 5.32 Å². The number of likely N-dealkylation sites (tertiary alicyclic amines) is 1. The van der Waals surface area contributed by atoms with Crippen molar-refractivity contribution >= 4 is 0 Å². The van der Waals surface area contributed by atoms with Crippen molar-refractivity contribution in [2.45, 2.75) is 45.6 Å². The molecule has 0 bridgehead atoms. The van der Waals surface area contributed by atoms with E-state index in [9.17, 15) is 0 Å². The molecule has 0 aromatic heterocycles. The minimum absolute atomic E-state index is 0.699. The van der Waals surface area contributed by atoms with Crippen LogP contribution in [0.25, 0.3) is 0 Å². The first kappa shape index (κ1) is 12.0. The maximum atomic E-state index is 3.42. The molecule has 1 N–H and O–H groups in total. The van der Waals surface area contributed by atoms with Gasteiger partial charge < -0.3 is 10.2 Å². The van der Waals surface area contributed by atoms with Crippen molar-refractivity contribution in [2.24, 2.45) is 5.92 Å². The highest BCUT2D eigenvalue weighted by Gasteiger charge is 2.18. The van der Waals surface area contributed by atoms with Crippen LogP contribution >= 0.6 is 0 Å². The van der Waals surface area contributed by atoms with Crippen LogP contribution in [0.4, 0.5) is 0 Å². The van der Waals surface area contributed by atoms with Gasteiger partial charge in [-0.1, -0.05) is 20.3 Å². The summed E-state index contributed by atoms with van der Waals surface area (Å²) in [7, 11) is 2.09. The highest BCUT2D eigenvalue weighted by Crippen LogP contribution is 2.15. The SMILES string of the molecule is CCCC(CN1CCCC(C)C1)NC. The lowest BCUT2D eigenvalue weighted by molar-refractivity contribution is 0.166. The molecule has 0 amide bonds. The topological polar surface area (TPSA) is 15.3 Å². The second kappa shape index (κ2) is 6.41. The molecule has 0 spiro atoms. The third-order valence-electron chi connectivity index (χ3n) is 3.27. The average molecular weight is 198 g/mol. The molecule has 1 rings (SSSR count). The van der Waals surface area contributed by atoms with Crippen molar-refractivity contribution in [3.8, 4) is 0 Å². The van der Waals surface area contributed by atoms with Gasteiger partial charge in [-0.3, -0.25) is 0 Å². The van der Waals surface area contributed by atoms with E-state index >= 15 is 0 Å². The zero-order chi connectivity index (χ0) is 10.4. The van der Waals surface area contributed by atoms with Gasteiger partial charge in [0.25, 0.3) is 0 Å². The average Bonchev–Trinajstić information content (AvgIpc) is 2.17. The molecule has 2 atom stereocenters. The summed E-state index contributed by atoms with van der Waals surface area (Å²) in [6, 6.07) is 0.699. The van der Waals surface area contributed by atoms with E-state index < -0.39 is 0 Å². The minimum Gasteiger partial charge on any atom is -0.316 e. The van der Waals surface area contributed by atoms with E-state index in [0.717, 1.165) is 5.92 Å². The van der Waals surface area contributed by atoms with Gasteiger partial charge in [0.2, 0.25) is 0 Å². The van der Waals surface area contributed by atoms with Crippen molar-refractivity contribution in [2.75, 3.05) is 26.7 Å². The summed E-state index contributed by atoms with van der Waals surface area (Å²) in [6.45, 7) is 8.51. The Kier molecular flexibility index (Phi) is 5.49. The summed E-state index contributed by atoms with van der Waals surface area (Å²) in [5, 5.41) is 3.42. The molecule has 2 heteroatoms. The molecule has 1 heterocycles. The van der Waals surface area contributed by atoms with Gasteiger partial charge in [-0.15, -0.1) is 0 Å². The molecular formula is C12H26N2. The summed E-state index contributed by atoms with van der Waals surface area (Å²) < 4.78 is 0. The van der Waals surface area contributed by atoms with Gasteiger partial charge in [0.1, 0.15) is 0 Å². The van der Waals surface area contributed by atoms with Crippen molar-refractivity contribution in [1.82, 2.24) is 10.2 Å². The van der Waals surface area contributed by atoms with Crippen molar-refractivity contribution in [3.05, 3.63) is 0 Å². The fraction of sp³-hybridized carbons (Fsp3) is 1.00. The van der Waals surface area contributed by atoms with Crippen LogP contribution in [-0.2, 0) is 0 Å². The van der Waals surface area contributed by atoms with Crippen LogP contribution in [0.15, 0.2) is 0 Å². The first-order chi connectivity index (χ1) is 6.76. The van der Waals surface area contributed by atoms with Crippen LogP contribution in [0.3, 0.4) is 0 Å². The zero-order valence-electron chi connectivity index (χ0n) is 10.1. The van der Waals surface area contributed by atoms with Gasteiger partial charge in [-0.05, 0) is 38.8 Å². The van der Waals surface area contributed by atoms with Crippen molar-refractivity contribution in [3.63, 3.8) is 0 Å². The smallest absolute Gasteiger partial charge is 0.0191 e. The number of likely N-dealkylation sites (N-methyl/N-ethyl adjacent to an activating group) is 1. The zero-order valence-corrected chi connectivity index (χ0v) is 10.1. The Hall–Kier alpha value is -0.0800. The fourth-order valence-corrected chi connectivity index (χ4v) is 2.44. The normalized spacial score (nSPS) is 26.4. The molecule has 0 aromatic carbocycles. The molecule has 1 fully saturated rings. The molecule has 2 nitrogen and oxygen atoms in total. The van der Waals surface area contributed by atoms with E-state index in [2.05, 4.69) is 31.1 Å². The number of hydrogen-bond donors (Lipinski definition) is 1. The molecule has 0 saturated carbocycles. The predicted octanol–water partition coefficient (Wildman–Crippen LogP) is 2.11. The molecule has 1 aliphatic rings. The quantitative estimate of drug-likeness (QED) is 0.728. The molecule has 84 valence electrons. The summed E-state index contributed by atoms with van der Waals surface area (Å²) in [5.74, 6) is 0.905. The molecule has 14 heavy (non-hydrogen) atoms. The van der Waals surface area contributed by atoms with Gasteiger partial charge in [0.05, 0.1) is 0 Å². The summed E-state index contributed by atoms with van der Waals surface area (Å²) >= 11 is 0. The first-order valence-electron chi connectivity index (χ1n) is 6.15. The highest BCUT2D eigenvalue weighted by molar-refractivity contribution is 4.75. The third kappa shape index (κ3) is 3.97. The van der Waals surface area contributed by atoms with E-state index in [0.29, 0.717) is 6.04 Å². The molecule has 1 aliphatic heterocycles. The number of nitrogens with zero attached hydrogens (tertiary/aromatic N) is 1. The van der Waals surface area contributed by atoms with Crippen LogP contribution in [0, 0.1) is 5.92 Å². The van der Waals surface area contributed by atoms with Crippen molar-refractivity contribution < 1.29 is 0 Å². The lowest BCUT2D eigenvalue weighted by Gasteiger charge is -2.33. The third-order valence-corrected chi connectivity index (χ3v) is 3.27. The molecule has 2 unspecified atom stereocenters. The van der Waals surface area contributed by atoms with E-state index in [1.165, 1.54) is 45.3 Å². The second-order valence-electron chi connectivity index (χ2n) is 4.78. The Morgan fingerprint density at radius 3 is 2.86 bits per heavy atom. The van der Waals surface area contributed by atoms with Crippen molar-refractivity contribution in [1.29, 1.82) is 0 Å². The van der Waals surface area contributed by atoms with Gasteiger partial charge in [0.15, 0.2) is 0 Å². The second-order valence-corrected chi connectivity index (χ2v) is 4.78. The van der Waals surface area contributed by atoms with E-state index in [-0.39, 0.29) is 0 Å². The van der Waals surface area contributed by atoms with Gasteiger partial charge in [-0.25, -0.2) is 0 Å². The Morgan fingerprint density at radius 2 is 2.29 bits per heavy atom. The predicted molar refractivity (Wildman–Crippen MR) is 62.6 cm³/mol. The van der Waals surface area contributed by atoms with E-state index in [1.54, 1.807) is 0 Å². The molecule has 0 aliphatic carbocycles. The fourth-order valence-electron chi connectivity index (χ4n) is 2.44. The number of nitrogens with one attached hydrogen (secondary N) is 1. The molecule has 0 aromatic rings. The molecule has 0 radical (unpaired) electrons. The van der Waals surface area contributed by atoms with Crippen LogP contribution in [0.1, 0.15) is 39.5 Å². The minimum atomic E-state index is 0.699. The monoisotopic (exact) mass is 198 g/mol. The molecular weight excluding hydrogens is 172 g/mol. The Morgan fingerprint density at radius 1 is 1.50 bits per heavy atom. The first-order valence-corrected chi connectivity index (χ1v) is 6.15. The van der Waals surface area contributed by atoms with E-state index in [4.69, 9.17) is 0 Å². The van der Waals surface area contributed by atoms with E-state index in [1.807, 2.05) is 0 Å². The largest absolute Gasteiger partial charge is 0.316 e. The Balaban J connectivity index is 2.26.